The summed E-state index contributed by atoms with van der Waals surface area (Å²) in [5.41, 5.74) is 1.87. The van der Waals surface area contributed by atoms with Crippen molar-refractivity contribution in [3.8, 4) is 0 Å². The molecule has 0 spiro atoms. The summed E-state index contributed by atoms with van der Waals surface area (Å²) in [5, 5.41) is 7.99. The number of hydrogen-bond acceptors (Lipinski definition) is 4. The van der Waals surface area contributed by atoms with Crippen molar-refractivity contribution >= 4 is 17.6 Å². The highest BCUT2D eigenvalue weighted by Crippen LogP contribution is 2.17. The first-order valence-electron chi connectivity index (χ1n) is 5.60. The topological polar surface area (TPSA) is 56.1 Å². The number of esters is 1. The molecule has 5 nitrogen and oxygen atoms in total. The Balaban J connectivity index is 2.34. The molecule has 0 radical (unpaired) electrons. The molecule has 1 aromatic rings. The molecule has 0 fully saturated rings. The minimum Gasteiger partial charge on any atom is -0.466 e. The van der Waals surface area contributed by atoms with E-state index in [1.54, 1.807) is 18.7 Å². The van der Waals surface area contributed by atoms with Crippen LogP contribution in [0.3, 0.4) is 0 Å². The molecule has 1 heterocycles. The van der Waals surface area contributed by atoms with Gasteiger partial charge in [-0.2, -0.15) is 5.10 Å². The van der Waals surface area contributed by atoms with Crippen molar-refractivity contribution in [3.63, 3.8) is 0 Å². The maximum absolute atomic E-state index is 11.1. The Morgan fingerprint density at radius 1 is 1.59 bits per heavy atom. The minimum absolute atomic E-state index is 0.186. The van der Waals surface area contributed by atoms with Crippen molar-refractivity contribution in [2.24, 2.45) is 7.05 Å². The highest BCUT2D eigenvalue weighted by molar-refractivity contribution is 6.30. The average Bonchev–Trinajstić information content (AvgIpc) is 2.50. The SMILES string of the molecule is CCOC(=O)CCNCc1c(C)nn(C)c1Cl. The predicted octanol–water partition coefficient (Wildman–Crippen LogP) is 1.42. The molecule has 1 N–H and O–H groups in total. The maximum atomic E-state index is 11.1. The standard InChI is InChI=1S/C11H18ClN3O2/c1-4-17-10(16)5-6-13-7-9-8(2)14-15(3)11(9)12/h13H,4-7H2,1-3H3. The van der Waals surface area contributed by atoms with E-state index < -0.39 is 0 Å². The van der Waals surface area contributed by atoms with Gasteiger partial charge in [-0.15, -0.1) is 0 Å². The second-order valence-corrected chi connectivity index (χ2v) is 4.07. The molecule has 0 saturated carbocycles. The molecule has 0 unspecified atom stereocenters. The van der Waals surface area contributed by atoms with Gasteiger partial charge in [-0.1, -0.05) is 11.6 Å². The number of hydrogen-bond donors (Lipinski definition) is 1. The lowest BCUT2D eigenvalue weighted by Crippen LogP contribution is -2.19. The number of ether oxygens (including phenoxy) is 1. The molecular weight excluding hydrogens is 242 g/mol. The zero-order chi connectivity index (χ0) is 12.8. The van der Waals surface area contributed by atoms with Crippen molar-refractivity contribution in [2.75, 3.05) is 13.2 Å². The van der Waals surface area contributed by atoms with E-state index >= 15 is 0 Å². The lowest BCUT2D eigenvalue weighted by atomic mass is 10.2. The van der Waals surface area contributed by atoms with E-state index in [1.165, 1.54) is 0 Å². The van der Waals surface area contributed by atoms with Crippen molar-refractivity contribution in [1.82, 2.24) is 15.1 Å². The second-order valence-electron chi connectivity index (χ2n) is 3.71. The smallest absolute Gasteiger partial charge is 0.307 e. The zero-order valence-corrected chi connectivity index (χ0v) is 11.2. The van der Waals surface area contributed by atoms with Gasteiger partial charge >= 0.3 is 5.97 Å². The lowest BCUT2D eigenvalue weighted by Gasteiger charge is -2.04. The fraction of sp³-hybridized carbons (Fsp3) is 0.636. The van der Waals surface area contributed by atoms with Gasteiger partial charge in [0.05, 0.1) is 18.7 Å². The van der Waals surface area contributed by atoms with Crippen LogP contribution in [0.25, 0.3) is 0 Å². The molecule has 96 valence electrons. The fourth-order valence-corrected chi connectivity index (χ4v) is 1.75. The Morgan fingerprint density at radius 3 is 2.82 bits per heavy atom. The Kier molecular flexibility index (Phi) is 5.44. The summed E-state index contributed by atoms with van der Waals surface area (Å²) in [4.78, 5) is 11.1. The van der Waals surface area contributed by atoms with Crippen LogP contribution in [0.5, 0.6) is 0 Å². The van der Waals surface area contributed by atoms with Gasteiger partial charge < -0.3 is 10.1 Å². The van der Waals surface area contributed by atoms with E-state index in [-0.39, 0.29) is 5.97 Å². The highest BCUT2D eigenvalue weighted by Gasteiger charge is 2.10. The monoisotopic (exact) mass is 259 g/mol. The van der Waals surface area contributed by atoms with E-state index in [2.05, 4.69) is 10.4 Å². The summed E-state index contributed by atoms with van der Waals surface area (Å²) in [7, 11) is 1.80. The Hall–Kier alpha value is -1.07. The molecule has 1 aromatic heterocycles. The molecule has 0 aromatic carbocycles. The summed E-state index contributed by atoms with van der Waals surface area (Å²) >= 11 is 6.07. The van der Waals surface area contributed by atoms with Crippen molar-refractivity contribution in [1.29, 1.82) is 0 Å². The predicted molar refractivity (Wildman–Crippen MR) is 65.9 cm³/mol. The van der Waals surface area contributed by atoms with E-state index in [1.807, 2.05) is 6.92 Å². The van der Waals surface area contributed by atoms with Gasteiger partial charge in [0.25, 0.3) is 0 Å². The molecule has 0 aliphatic heterocycles. The number of halogens is 1. The van der Waals surface area contributed by atoms with Gasteiger partial charge in [0, 0.05) is 25.7 Å². The average molecular weight is 260 g/mol. The van der Waals surface area contributed by atoms with Gasteiger partial charge in [0.2, 0.25) is 0 Å². The van der Waals surface area contributed by atoms with E-state index in [4.69, 9.17) is 16.3 Å². The number of aromatic nitrogens is 2. The largest absolute Gasteiger partial charge is 0.466 e. The van der Waals surface area contributed by atoms with Crippen molar-refractivity contribution in [3.05, 3.63) is 16.4 Å². The summed E-state index contributed by atoms with van der Waals surface area (Å²) in [6.07, 6.45) is 0.366. The van der Waals surface area contributed by atoms with E-state index in [0.717, 1.165) is 11.3 Å². The van der Waals surface area contributed by atoms with Crippen LogP contribution in [-0.4, -0.2) is 28.9 Å². The van der Waals surface area contributed by atoms with Crippen LogP contribution in [0.1, 0.15) is 24.6 Å². The van der Waals surface area contributed by atoms with Gasteiger partial charge in [0.1, 0.15) is 5.15 Å². The van der Waals surface area contributed by atoms with Gasteiger partial charge in [-0.3, -0.25) is 9.48 Å². The number of nitrogens with zero attached hydrogens (tertiary/aromatic N) is 2. The molecule has 0 aliphatic carbocycles. The highest BCUT2D eigenvalue weighted by atomic mass is 35.5. The Morgan fingerprint density at radius 2 is 2.29 bits per heavy atom. The molecule has 17 heavy (non-hydrogen) atoms. The van der Waals surface area contributed by atoms with Crippen molar-refractivity contribution < 1.29 is 9.53 Å². The molecule has 0 saturated heterocycles. The molecule has 1 rings (SSSR count). The van der Waals surface area contributed by atoms with Crippen LogP contribution in [0.4, 0.5) is 0 Å². The van der Waals surface area contributed by atoms with Crippen LogP contribution >= 0.6 is 11.6 Å². The van der Waals surface area contributed by atoms with Crippen LogP contribution in [-0.2, 0) is 23.1 Å². The summed E-state index contributed by atoms with van der Waals surface area (Å²) in [5.74, 6) is -0.186. The molecule has 6 heteroatoms. The van der Waals surface area contributed by atoms with Crippen LogP contribution < -0.4 is 5.32 Å². The first-order chi connectivity index (χ1) is 8.06. The number of carbonyl (C=O) groups excluding carboxylic acids is 1. The molecule has 0 atom stereocenters. The quantitative estimate of drug-likeness (QED) is 0.620. The van der Waals surface area contributed by atoms with Crippen LogP contribution in [0.15, 0.2) is 0 Å². The first kappa shape index (κ1) is 14.0. The van der Waals surface area contributed by atoms with Crippen LogP contribution in [0, 0.1) is 6.92 Å². The van der Waals surface area contributed by atoms with Gasteiger partial charge in [-0.05, 0) is 13.8 Å². The summed E-state index contributed by atoms with van der Waals surface area (Å²) in [6, 6.07) is 0. The zero-order valence-electron chi connectivity index (χ0n) is 10.4. The first-order valence-corrected chi connectivity index (χ1v) is 5.98. The van der Waals surface area contributed by atoms with E-state index in [0.29, 0.717) is 31.3 Å². The van der Waals surface area contributed by atoms with Gasteiger partial charge in [0.15, 0.2) is 0 Å². The maximum Gasteiger partial charge on any atom is 0.307 e. The normalized spacial score (nSPS) is 10.6. The van der Waals surface area contributed by atoms with E-state index in [9.17, 15) is 4.79 Å². The second kappa shape index (κ2) is 6.61. The van der Waals surface area contributed by atoms with Crippen LogP contribution in [0.2, 0.25) is 5.15 Å². The number of nitrogens with one attached hydrogen (secondary N) is 1. The molecule has 0 aliphatic rings. The number of rotatable bonds is 6. The third-order valence-electron chi connectivity index (χ3n) is 2.38. The Labute approximate surface area is 106 Å². The number of aryl methyl sites for hydroxylation is 2. The molecule has 0 bridgehead atoms. The Bertz CT molecular complexity index is 390. The fourth-order valence-electron chi connectivity index (χ4n) is 1.51. The van der Waals surface area contributed by atoms with Crippen molar-refractivity contribution in [2.45, 2.75) is 26.8 Å². The molecular formula is C11H18ClN3O2. The third-order valence-corrected chi connectivity index (χ3v) is 2.86. The summed E-state index contributed by atoms with van der Waals surface area (Å²) in [6.45, 7) is 5.31. The summed E-state index contributed by atoms with van der Waals surface area (Å²) < 4.78 is 6.46. The third kappa shape index (κ3) is 4.02. The molecule has 0 amide bonds. The minimum atomic E-state index is -0.186. The van der Waals surface area contributed by atoms with Gasteiger partial charge in [-0.25, -0.2) is 0 Å². The number of carbonyl (C=O) groups is 1. The lowest BCUT2D eigenvalue weighted by molar-refractivity contribution is -0.142.